The molecule has 1 amide bonds. The molecule has 4 rings (SSSR count). The Balaban J connectivity index is 1.34. The molecule has 0 bridgehead atoms. The van der Waals surface area contributed by atoms with Crippen LogP contribution < -0.4 is 5.32 Å². The third kappa shape index (κ3) is 3.70. The fourth-order valence-electron chi connectivity index (χ4n) is 3.58. The summed E-state index contributed by atoms with van der Waals surface area (Å²) >= 11 is 0. The number of amides is 1. The average molecular weight is 352 g/mol. The molecule has 2 N–H and O–H groups in total. The highest BCUT2D eigenvalue weighted by Crippen LogP contribution is 2.36. The molecule has 1 aromatic carbocycles. The summed E-state index contributed by atoms with van der Waals surface area (Å²) in [6.07, 6.45) is 5.16. The van der Waals surface area contributed by atoms with E-state index in [1.54, 1.807) is 6.33 Å². The molecule has 1 saturated heterocycles. The van der Waals surface area contributed by atoms with Crippen LogP contribution in [0.5, 0.6) is 0 Å². The Labute approximate surface area is 153 Å². The van der Waals surface area contributed by atoms with E-state index in [9.17, 15) is 9.90 Å². The topological polar surface area (TPSA) is 78.3 Å². The molecule has 1 aromatic heterocycles. The third-order valence-electron chi connectivity index (χ3n) is 5.29. The number of likely N-dealkylation sites (tertiary alicyclic amines) is 1. The summed E-state index contributed by atoms with van der Waals surface area (Å²) in [6.45, 7) is 2.38. The van der Waals surface area contributed by atoms with Crippen molar-refractivity contribution in [2.45, 2.75) is 44.2 Å². The maximum Gasteiger partial charge on any atom is 0.253 e. The molecule has 2 aromatic rings. The summed E-state index contributed by atoms with van der Waals surface area (Å²) in [5.41, 5.74) is 2.84. The van der Waals surface area contributed by atoms with Crippen molar-refractivity contribution < 1.29 is 9.90 Å². The molecule has 2 aliphatic rings. The summed E-state index contributed by atoms with van der Waals surface area (Å²) in [5, 5.41) is 12.8. The van der Waals surface area contributed by atoms with E-state index in [2.05, 4.69) is 15.3 Å². The fourth-order valence-corrected chi connectivity index (χ4v) is 3.58. The van der Waals surface area contributed by atoms with Gasteiger partial charge in [-0.2, -0.15) is 0 Å². The minimum Gasteiger partial charge on any atom is -0.393 e. The van der Waals surface area contributed by atoms with Crippen LogP contribution in [0.15, 0.2) is 36.7 Å². The summed E-state index contributed by atoms with van der Waals surface area (Å²) < 4.78 is 0. The largest absolute Gasteiger partial charge is 0.393 e. The Hall–Kier alpha value is -2.47. The second-order valence-corrected chi connectivity index (χ2v) is 7.20. The Kier molecular flexibility index (Phi) is 4.84. The fraction of sp³-hybridized carbons (Fsp3) is 0.450. The number of aromatic nitrogens is 2. The predicted octanol–water partition coefficient (Wildman–Crippen LogP) is 2.56. The van der Waals surface area contributed by atoms with Crippen LogP contribution in [-0.2, 0) is 6.54 Å². The zero-order valence-electron chi connectivity index (χ0n) is 14.8. The number of hydrogen-bond donors (Lipinski definition) is 2. The molecule has 0 spiro atoms. The van der Waals surface area contributed by atoms with Gasteiger partial charge in [0.15, 0.2) is 0 Å². The maximum absolute atomic E-state index is 12.4. The average Bonchev–Trinajstić information content (AvgIpc) is 3.19. The second-order valence-electron chi connectivity index (χ2n) is 7.20. The number of nitrogens with zero attached hydrogens (tertiary/aromatic N) is 3. The van der Waals surface area contributed by atoms with E-state index in [0.717, 1.165) is 61.4 Å². The van der Waals surface area contributed by atoms with Crippen molar-refractivity contribution >= 4 is 11.7 Å². The van der Waals surface area contributed by atoms with Crippen molar-refractivity contribution in [3.05, 3.63) is 53.5 Å². The van der Waals surface area contributed by atoms with Crippen LogP contribution in [0.2, 0.25) is 0 Å². The molecule has 6 nitrogen and oxygen atoms in total. The molecule has 1 aliphatic carbocycles. The number of benzene rings is 1. The van der Waals surface area contributed by atoms with E-state index in [1.165, 1.54) is 0 Å². The SMILES string of the molecule is O=C(c1ccc(CNc2cc(C3CC(O)C3)ncn2)cc1)N1CCCC1. The van der Waals surface area contributed by atoms with Crippen LogP contribution in [-0.4, -0.2) is 45.1 Å². The predicted molar refractivity (Wildman–Crippen MR) is 98.9 cm³/mol. The Bertz CT molecular complexity index is 766. The van der Waals surface area contributed by atoms with Gasteiger partial charge in [0.2, 0.25) is 0 Å². The van der Waals surface area contributed by atoms with Gasteiger partial charge in [-0.3, -0.25) is 4.79 Å². The van der Waals surface area contributed by atoms with Crippen LogP contribution in [0, 0.1) is 0 Å². The third-order valence-corrected chi connectivity index (χ3v) is 5.29. The molecule has 136 valence electrons. The highest BCUT2D eigenvalue weighted by Gasteiger charge is 2.29. The molecule has 1 saturated carbocycles. The molecular formula is C20H24N4O2. The van der Waals surface area contributed by atoms with Gasteiger partial charge >= 0.3 is 0 Å². The van der Waals surface area contributed by atoms with Gasteiger partial charge < -0.3 is 15.3 Å². The van der Waals surface area contributed by atoms with Gasteiger partial charge in [-0.1, -0.05) is 12.1 Å². The number of nitrogens with one attached hydrogen (secondary N) is 1. The van der Waals surface area contributed by atoms with E-state index in [1.807, 2.05) is 35.2 Å². The van der Waals surface area contributed by atoms with Crippen LogP contribution in [0.3, 0.4) is 0 Å². The van der Waals surface area contributed by atoms with Gasteiger partial charge in [-0.25, -0.2) is 9.97 Å². The van der Waals surface area contributed by atoms with Crippen molar-refractivity contribution in [3.8, 4) is 0 Å². The highest BCUT2D eigenvalue weighted by atomic mass is 16.3. The van der Waals surface area contributed by atoms with Crippen molar-refractivity contribution in [2.24, 2.45) is 0 Å². The quantitative estimate of drug-likeness (QED) is 0.865. The van der Waals surface area contributed by atoms with Gasteiger partial charge in [0.25, 0.3) is 5.91 Å². The van der Waals surface area contributed by atoms with Crippen LogP contribution >= 0.6 is 0 Å². The van der Waals surface area contributed by atoms with Gasteiger partial charge in [0.1, 0.15) is 12.1 Å². The lowest BCUT2D eigenvalue weighted by Gasteiger charge is -2.30. The minimum absolute atomic E-state index is 0.130. The highest BCUT2D eigenvalue weighted by molar-refractivity contribution is 5.94. The molecular weight excluding hydrogens is 328 g/mol. The molecule has 6 heteroatoms. The number of carbonyl (C=O) groups is 1. The van der Waals surface area contributed by atoms with Gasteiger partial charge in [0, 0.05) is 42.9 Å². The van der Waals surface area contributed by atoms with E-state index in [4.69, 9.17) is 0 Å². The molecule has 2 fully saturated rings. The zero-order valence-corrected chi connectivity index (χ0v) is 14.8. The minimum atomic E-state index is -0.187. The molecule has 0 atom stereocenters. The normalized spacial score (nSPS) is 22.1. The van der Waals surface area contributed by atoms with E-state index < -0.39 is 0 Å². The molecule has 0 unspecified atom stereocenters. The van der Waals surface area contributed by atoms with Crippen molar-refractivity contribution in [1.82, 2.24) is 14.9 Å². The number of rotatable bonds is 5. The summed E-state index contributed by atoms with van der Waals surface area (Å²) in [6, 6.07) is 9.74. The monoisotopic (exact) mass is 352 g/mol. The van der Waals surface area contributed by atoms with E-state index in [0.29, 0.717) is 12.5 Å². The van der Waals surface area contributed by atoms with Crippen LogP contribution in [0.1, 0.15) is 53.2 Å². The van der Waals surface area contributed by atoms with Crippen molar-refractivity contribution in [1.29, 1.82) is 0 Å². The lowest BCUT2D eigenvalue weighted by Crippen LogP contribution is -2.27. The van der Waals surface area contributed by atoms with Gasteiger partial charge in [0.05, 0.1) is 6.10 Å². The number of carbonyl (C=O) groups excluding carboxylic acids is 1. The van der Waals surface area contributed by atoms with Crippen LogP contribution in [0.25, 0.3) is 0 Å². The smallest absolute Gasteiger partial charge is 0.253 e. The lowest BCUT2D eigenvalue weighted by molar-refractivity contribution is 0.0731. The Morgan fingerprint density at radius 1 is 1.15 bits per heavy atom. The van der Waals surface area contributed by atoms with Gasteiger partial charge in [-0.15, -0.1) is 0 Å². The first-order chi connectivity index (χ1) is 12.7. The van der Waals surface area contributed by atoms with Crippen molar-refractivity contribution in [3.63, 3.8) is 0 Å². The number of aliphatic hydroxyl groups excluding tert-OH is 1. The van der Waals surface area contributed by atoms with E-state index >= 15 is 0 Å². The molecule has 0 radical (unpaired) electrons. The number of hydrogen-bond acceptors (Lipinski definition) is 5. The number of aliphatic hydroxyl groups is 1. The molecule has 2 heterocycles. The summed E-state index contributed by atoms with van der Waals surface area (Å²) in [4.78, 5) is 22.9. The zero-order chi connectivity index (χ0) is 17.9. The summed E-state index contributed by atoms with van der Waals surface area (Å²) in [5.74, 6) is 1.25. The molecule has 1 aliphatic heterocycles. The van der Waals surface area contributed by atoms with Gasteiger partial charge in [-0.05, 0) is 43.4 Å². The first-order valence-electron chi connectivity index (χ1n) is 9.31. The Morgan fingerprint density at radius 2 is 1.88 bits per heavy atom. The summed E-state index contributed by atoms with van der Waals surface area (Å²) in [7, 11) is 0. The standard InChI is InChI=1S/C20H24N4O2/c25-17-9-16(10-17)18-11-19(23-13-22-18)21-12-14-3-5-15(6-4-14)20(26)24-7-1-2-8-24/h3-6,11,13,16-17,25H,1-2,7-10,12H2,(H,21,22,23). The number of anilines is 1. The first-order valence-corrected chi connectivity index (χ1v) is 9.31. The Morgan fingerprint density at radius 3 is 2.58 bits per heavy atom. The lowest BCUT2D eigenvalue weighted by atomic mass is 9.80. The van der Waals surface area contributed by atoms with Crippen molar-refractivity contribution in [2.75, 3.05) is 18.4 Å². The van der Waals surface area contributed by atoms with E-state index in [-0.39, 0.29) is 12.0 Å². The molecule has 26 heavy (non-hydrogen) atoms. The van der Waals surface area contributed by atoms with Crippen LogP contribution in [0.4, 0.5) is 5.82 Å². The first kappa shape index (κ1) is 17.0. The second kappa shape index (κ2) is 7.41. The maximum atomic E-state index is 12.4.